The molecule has 2 heterocycles. The largest absolute Gasteiger partial charge is 0.320 e. The van der Waals surface area contributed by atoms with Crippen LogP contribution in [0.1, 0.15) is 24.1 Å². The van der Waals surface area contributed by atoms with E-state index in [1.165, 1.54) is 5.56 Å². The Balaban J connectivity index is 1.41. The molecule has 0 saturated carbocycles. The van der Waals surface area contributed by atoms with Crippen LogP contribution in [0.4, 0.5) is 5.69 Å². The molecule has 1 saturated heterocycles. The third-order valence-electron chi connectivity index (χ3n) is 6.06. The smallest absolute Gasteiger partial charge is 0.295 e. The molecule has 31 heavy (non-hydrogen) atoms. The Morgan fingerprint density at radius 3 is 2.48 bits per heavy atom. The van der Waals surface area contributed by atoms with Crippen LogP contribution in [0.2, 0.25) is 0 Å². The van der Waals surface area contributed by atoms with Gasteiger partial charge in [-0.15, -0.1) is 0 Å². The average molecular weight is 483 g/mol. The van der Waals surface area contributed by atoms with Crippen molar-refractivity contribution in [3.63, 3.8) is 0 Å². The lowest BCUT2D eigenvalue weighted by Gasteiger charge is -2.31. The second kappa shape index (κ2) is 9.24. The predicted octanol–water partition coefficient (Wildman–Crippen LogP) is 4.10. The molecule has 0 atom stereocenters. The van der Waals surface area contributed by atoms with Crippen molar-refractivity contribution in [2.24, 2.45) is 13.0 Å². The van der Waals surface area contributed by atoms with Gasteiger partial charge in [0.25, 0.3) is 5.56 Å². The van der Waals surface area contributed by atoms with Crippen LogP contribution in [0.5, 0.6) is 0 Å². The van der Waals surface area contributed by atoms with Crippen molar-refractivity contribution < 1.29 is 4.79 Å². The Bertz CT molecular complexity index is 1130. The molecule has 3 aromatic rings. The van der Waals surface area contributed by atoms with E-state index in [1.807, 2.05) is 56.4 Å². The molecule has 1 fully saturated rings. The third kappa shape index (κ3) is 4.67. The Morgan fingerprint density at radius 2 is 1.81 bits per heavy atom. The maximum atomic E-state index is 13.0. The summed E-state index contributed by atoms with van der Waals surface area (Å²) in [6, 6.07) is 17.8. The molecule has 1 aromatic heterocycles. The summed E-state index contributed by atoms with van der Waals surface area (Å²) < 4.78 is 4.46. The first kappa shape index (κ1) is 21.6. The summed E-state index contributed by atoms with van der Waals surface area (Å²) >= 11 is 3.52. The van der Waals surface area contributed by atoms with Crippen LogP contribution in [0.25, 0.3) is 5.69 Å². The highest BCUT2D eigenvalue weighted by Crippen LogP contribution is 2.22. The van der Waals surface area contributed by atoms with Crippen molar-refractivity contribution in [2.75, 3.05) is 18.4 Å². The molecule has 0 unspecified atom stereocenters. The molecular weight excluding hydrogens is 456 g/mol. The van der Waals surface area contributed by atoms with Crippen LogP contribution in [-0.2, 0) is 18.4 Å². The number of benzene rings is 2. The number of halogens is 1. The van der Waals surface area contributed by atoms with Crippen LogP contribution in [0, 0.1) is 12.8 Å². The van der Waals surface area contributed by atoms with Gasteiger partial charge in [-0.1, -0.05) is 46.3 Å². The van der Waals surface area contributed by atoms with Crippen molar-refractivity contribution in [3.8, 4) is 5.69 Å². The van der Waals surface area contributed by atoms with Crippen molar-refractivity contribution in [1.82, 2.24) is 14.3 Å². The Kier molecular flexibility index (Phi) is 6.43. The van der Waals surface area contributed by atoms with Crippen molar-refractivity contribution in [2.45, 2.75) is 26.3 Å². The summed E-state index contributed by atoms with van der Waals surface area (Å²) in [5.41, 5.74) is 2.95. The molecule has 0 spiro atoms. The van der Waals surface area contributed by atoms with Gasteiger partial charge in [0.05, 0.1) is 11.4 Å². The van der Waals surface area contributed by atoms with Crippen molar-refractivity contribution in [1.29, 1.82) is 0 Å². The molecule has 1 aliphatic heterocycles. The number of carbonyl (C=O) groups excluding carboxylic acids is 1. The second-order valence-electron chi connectivity index (χ2n) is 8.11. The molecular formula is C24H27BrN4O2. The summed E-state index contributed by atoms with van der Waals surface area (Å²) in [6.45, 7) is 4.48. The molecule has 0 aliphatic carbocycles. The lowest BCUT2D eigenvalue weighted by Crippen LogP contribution is -2.38. The van der Waals surface area contributed by atoms with E-state index in [0.29, 0.717) is 5.69 Å². The molecule has 6 nitrogen and oxygen atoms in total. The van der Waals surface area contributed by atoms with Gasteiger partial charge in [-0.25, -0.2) is 4.68 Å². The minimum atomic E-state index is -0.202. The lowest BCUT2D eigenvalue weighted by atomic mass is 9.95. The van der Waals surface area contributed by atoms with Gasteiger partial charge in [0.1, 0.15) is 5.69 Å². The highest BCUT2D eigenvalue weighted by molar-refractivity contribution is 9.10. The van der Waals surface area contributed by atoms with E-state index < -0.39 is 0 Å². The number of rotatable bonds is 5. The highest BCUT2D eigenvalue weighted by Gasteiger charge is 2.27. The van der Waals surface area contributed by atoms with E-state index in [9.17, 15) is 9.59 Å². The fourth-order valence-electron chi connectivity index (χ4n) is 4.18. The first-order valence-corrected chi connectivity index (χ1v) is 11.3. The molecule has 1 aliphatic rings. The molecule has 2 aromatic carbocycles. The Hall–Kier alpha value is -2.64. The number of carbonyl (C=O) groups is 1. The first-order chi connectivity index (χ1) is 14.9. The molecule has 0 radical (unpaired) electrons. The highest BCUT2D eigenvalue weighted by atomic mass is 79.9. The summed E-state index contributed by atoms with van der Waals surface area (Å²) in [4.78, 5) is 28.3. The van der Waals surface area contributed by atoms with Crippen LogP contribution in [-0.4, -0.2) is 33.3 Å². The molecule has 1 N–H and O–H groups in total. The average Bonchev–Trinajstić information content (AvgIpc) is 2.98. The SMILES string of the molecule is Cc1c(NC(=O)C2CCN(Cc3cccc(Br)c3)CC2)c(=O)n(-c2ccccc2)n1C. The van der Waals surface area contributed by atoms with Gasteiger partial charge in [0, 0.05) is 24.0 Å². The number of amides is 1. The predicted molar refractivity (Wildman–Crippen MR) is 127 cm³/mol. The number of nitrogens with one attached hydrogen (secondary N) is 1. The van der Waals surface area contributed by atoms with Gasteiger partial charge in [-0.05, 0) is 62.7 Å². The number of anilines is 1. The van der Waals surface area contributed by atoms with Gasteiger partial charge in [-0.3, -0.25) is 19.2 Å². The van der Waals surface area contributed by atoms with E-state index in [1.54, 1.807) is 9.36 Å². The quantitative estimate of drug-likeness (QED) is 0.595. The minimum Gasteiger partial charge on any atom is -0.320 e. The molecule has 1 amide bonds. The molecule has 7 heteroatoms. The standard InChI is InChI=1S/C24H27BrN4O2/c1-17-22(24(31)29(27(17)2)21-9-4-3-5-10-21)26-23(30)19-11-13-28(14-12-19)16-18-7-6-8-20(25)15-18/h3-10,15,19H,11-14,16H2,1-2H3,(H,26,30). The Morgan fingerprint density at radius 1 is 1.10 bits per heavy atom. The van der Waals surface area contributed by atoms with Crippen LogP contribution < -0.4 is 10.9 Å². The lowest BCUT2D eigenvalue weighted by molar-refractivity contribution is -0.121. The van der Waals surface area contributed by atoms with E-state index in [-0.39, 0.29) is 17.4 Å². The number of hydrogen-bond donors (Lipinski definition) is 1. The maximum absolute atomic E-state index is 13.0. The summed E-state index contributed by atoms with van der Waals surface area (Å²) in [6.07, 6.45) is 1.58. The third-order valence-corrected chi connectivity index (χ3v) is 6.55. The zero-order valence-electron chi connectivity index (χ0n) is 17.8. The van der Waals surface area contributed by atoms with Crippen LogP contribution in [0.15, 0.2) is 63.9 Å². The fraction of sp³-hybridized carbons (Fsp3) is 0.333. The van der Waals surface area contributed by atoms with Gasteiger partial charge in [-0.2, -0.15) is 0 Å². The monoisotopic (exact) mass is 482 g/mol. The van der Waals surface area contributed by atoms with Gasteiger partial charge in [0.15, 0.2) is 0 Å². The maximum Gasteiger partial charge on any atom is 0.295 e. The van der Waals surface area contributed by atoms with Gasteiger partial charge >= 0.3 is 0 Å². The van der Waals surface area contributed by atoms with Gasteiger partial charge < -0.3 is 5.32 Å². The van der Waals surface area contributed by atoms with E-state index in [2.05, 4.69) is 38.3 Å². The van der Waals surface area contributed by atoms with Crippen LogP contribution in [0.3, 0.4) is 0 Å². The fourth-order valence-corrected chi connectivity index (χ4v) is 4.63. The van der Waals surface area contributed by atoms with Crippen molar-refractivity contribution >= 4 is 27.5 Å². The molecule has 4 rings (SSSR count). The normalized spacial score (nSPS) is 15.2. The molecule has 0 bridgehead atoms. The second-order valence-corrected chi connectivity index (χ2v) is 9.02. The van der Waals surface area contributed by atoms with Gasteiger partial charge in [0.2, 0.25) is 5.91 Å². The Labute approximate surface area is 190 Å². The summed E-state index contributed by atoms with van der Waals surface area (Å²) in [7, 11) is 1.83. The minimum absolute atomic E-state index is 0.0619. The number of nitrogens with zero attached hydrogens (tertiary/aromatic N) is 3. The van der Waals surface area contributed by atoms with Crippen LogP contribution >= 0.6 is 15.9 Å². The zero-order chi connectivity index (χ0) is 22.0. The number of likely N-dealkylation sites (tertiary alicyclic amines) is 1. The summed E-state index contributed by atoms with van der Waals surface area (Å²) in [5.74, 6) is -0.143. The molecule has 162 valence electrons. The number of aromatic nitrogens is 2. The zero-order valence-corrected chi connectivity index (χ0v) is 19.4. The van der Waals surface area contributed by atoms with Crippen molar-refractivity contribution in [3.05, 3.63) is 80.7 Å². The number of piperidine rings is 1. The first-order valence-electron chi connectivity index (χ1n) is 10.6. The van der Waals surface area contributed by atoms with E-state index in [4.69, 9.17) is 0 Å². The number of hydrogen-bond acceptors (Lipinski definition) is 3. The van der Waals surface area contributed by atoms with E-state index in [0.717, 1.165) is 48.3 Å². The summed E-state index contributed by atoms with van der Waals surface area (Å²) in [5, 5.41) is 2.93. The number of para-hydroxylation sites is 1. The topological polar surface area (TPSA) is 59.3 Å². The van der Waals surface area contributed by atoms with E-state index >= 15 is 0 Å².